The highest BCUT2D eigenvalue weighted by Crippen LogP contribution is 2.58. The topological polar surface area (TPSA) is 72.8 Å². The Kier molecular flexibility index (Phi) is 15.9. The summed E-state index contributed by atoms with van der Waals surface area (Å²) in [5, 5.41) is 1.14. The van der Waals surface area contributed by atoms with Crippen molar-refractivity contribution in [2.75, 3.05) is 24.7 Å². The summed E-state index contributed by atoms with van der Waals surface area (Å²) in [7, 11) is -3.54. The molecular weight excluding hydrogens is 446 g/mol. The Morgan fingerprint density at radius 2 is 1.24 bits per heavy atom. The van der Waals surface area contributed by atoms with E-state index < -0.39 is 14.2 Å². The number of thiol groups is 1. The highest BCUT2D eigenvalue weighted by molar-refractivity contribution is 8.58. The van der Waals surface area contributed by atoms with Gasteiger partial charge in [0.1, 0.15) is 0 Å². The Labute approximate surface area is 184 Å². The SMILES string of the molecule is CCOP(=O)(O)c1ccccc1.CCOP(=O)(SCC)c1ccccc1.CCS. The fraction of sp³-hybridized carbons (Fsp3) is 0.400. The molecule has 0 radical (unpaired) electrons. The van der Waals surface area contributed by atoms with Crippen LogP contribution in [0.4, 0.5) is 0 Å². The summed E-state index contributed by atoms with van der Waals surface area (Å²) in [6.07, 6.45) is 0. The first-order valence-corrected chi connectivity index (χ1v) is 14.8. The van der Waals surface area contributed by atoms with Gasteiger partial charge in [-0.05, 0) is 49.6 Å². The van der Waals surface area contributed by atoms with Crippen molar-refractivity contribution < 1.29 is 23.1 Å². The van der Waals surface area contributed by atoms with Crippen LogP contribution in [0.15, 0.2) is 60.7 Å². The Balaban J connectivity index is 0.000000481. The van der Waals surface area contributed by atoms with E-state index >= 15 is 0 Å². The Morgan fingerprint density at radius 3 is 1.62 bits per heavy atom. The number of rotatable bonds is 8. The van der Waals surface area contributed by atoms with E-state index in [9.17, 15) is 14.0 Å². The molecule has 1 N–H and O–H groups in total. The van der Waals surface area contributed by atoms with Gasteiger partial charge in [-0.1, -0.05) is 61.6 Å². The van der Waals surface area contributed by atoms with Gasteiger partial charge in [0.05, 0.1) is 18.5 Å². The predicted octanol–water partition coefficient (Wildman–Crippen LogP) is 5.76. The first kappa shape index (κ1) is 28.5. The first-order valence-electron chi connectivity index (χ1n) is 9.39. The van der Waals surface area contributed by atoms with E-state index in [1.54, 1.807) is 37.3 Å². The van der Waals surface area contributed by atoms with Gasteiger partial charge in [-0.3, -0.25) is 9.13 Å². The highest BCUT2D eigenvalue weighted by Gasteiger charge is 2.24. The number of benzene rings is 2. The van der Waals surface area contributed by atoms with Crippen molar-refractivity contribution >= 4 is 48.8 Å². The molecule has 0 saturated carbocycles. The zero-order valence-electron chi connectivity index (χ0n) is 17.4. The van der Waals surface area contributed by atoms with E-state index in [1.165, 1.54) is 11.4 Å². The van der Waals surface area contributed by atoms with Crippen LogP contribution in [-0.4, -0.2) is 29.6 Å². The lowest BCUT2D eigenvalue weighted by molar-refractivity contribution is 0.284. The second-order valence-electron chi connectivity index (χ2n) is 5.26. The van der Waals surface area contributed by atoms with E-state index in [0.29, 0.717) is 11.9 Å². The Hall–Kier alpha value is -0.520. The van der Waals surface area contributed by atoms with Crippen LogP contribution in [0.5, 0.6) is 0 Å². The molecule has 0 aliphatic heterocycles. The molecule has 0 aromatic heterocycles. The average Bonchev–Trinajstić information content (AvgIpc) is 2.71. The van der Waals surface area contributed by atoms with Crippen LogP contribution in [0.1, 0.15) is 27.7 Å². The standard InChI is InChI=1S/C10H15O2PS.C8H11O3P.C2H6S/c1-3-12-13(11,14-4-2)10-8-6-5-7-9-10;1-2-11-12(9,10)8-6-4-3-5-7-8;1-2-3/h5-9H,3-4H2,1-2H3;3-7H,2H2,1H3,(H,9,10);3H,2H2,1H3. The quantitative estimate of drug-likeness (QED) is 0.371. The Morgan fingerprint density at radius 1 is 0.828 bits per heavy atom. The van der Waals surface area contributed by atoms with E-state index in [-0.39, 0.29) is 6.61 Å². The predicted molar refractivity (Wildman–Crippen MR) is 130 cm³/mol. The lowest BCUT2D eigenvalue weighted by atomic mass is 10.4. The van der Waals surface area contributed by atoms with Crippen LogP contribution in [0, 0.1) is 0 Å². The molecule has 2 rings (SSSR count). The maximum absolute atomic E-state index is 12.4. The van der Waals surface area contributed by atoms with E-state index in [0.717, 1.165) is 16.8 Å². The molecule has 0 saturated heterocycles. The van der Waals surface area contributed by atoms with E-state index in [4.69, 9.17) is 9.05 Å². The molecule has 29 heavy (non-hydrogen) atoms. The van der Waals surface area contributed by atoms with E-state index in [1.807, 2.05) is 51.1 Å². The van der Waals surface area contributed by atoms with Crippen LogP contribution in [0.25, 0.3) is 0 Å². The van der Waals surface area contributed by atoms with Gasteiger partial charge in [0, 0.05) is 5.30 Å². The molecule has 0 heterocycles. The van der Waals surface area contributed by atoms with Crippen molar-refractivity contribution in [1.82, 2.24) is 0 Å². The van der Waals surface area contributed by atoms with Crippen LogP contribution in [-0.2, 0) is 18.2 Å². The van der Waals surface area contributed by atoms with Crippen molar-refractivity contribution in [1.29, 1.82) is 0 Å². The molecule has 0 fully saturated rings. The molecule has 5 nitrogen and oxygen atoms in total. The summed E-state index contributed by atoms with van der Waals surface area (Å²) < 4.78 is 33.8. The first-order chi connectivity index (χ1) is 13.8. The molecule has 0 amide bonds. The van der Waals surface area contributed by atoms with Crippen molar-refractivity contribution in [2.24, 2.45) is 0 Å². The van der Waals surface area contributed by atoms with Gasteiger partial charge in [-0.15, -0.1) is 0 Å². The van der Waals surface area contributed by atoms with Crippen molar-refractivity contribution in [2.45, 2.75) is 27.7 Å². The fourth-order valence-corrected chi connectivity index (χ4v) is 7.01. The molecule has 9 heteroatoms. The maximum atomic E-state index is 12.4. The molecule has 2 aromatic carbocycles. The summed E-state index contributed by atoms with van der Waals surface area (Å²) in [6, 6.07) is 17.8. The van der Waals surface area contributed by atoms with Gasteiger partial charge < -0.3 is 13.9 Å². The average molecular weight is 479 g/mol. The molecule has 2 aromatic rings. The normalized spacial score (nSPS) is 14.3. The largest absolute Gasteiger partial charge is 0.358 e. The molecule has 2 atom stereocenters. The minimum absolute atomic E-state index is 0.239. The van der Waals surface area contributed by atoms with Crippen LogP contribution in [0.3, 0.4) is 0 Å². The maximum Gasteiger partial charge on any atom is 0.358 e. The van der Waals surface area contributed by atoms with E-state index in [2.05, 4.69) is 12.6 Å². The van der Waals surface area contributed by atoms with Crippen LogP contribution < -0.4 is 10.6 Å². The number of hydrogen-bond donors (Lipinski definition) is 2. The van der Waals surface area contributed by atoms with Gasteiger partial charge in [0.25, 0.3) is 6.57 Å². The minimum Gasteiger partial charge on any atom is -0.321 e. The molecule has 2 unspecified atom stereocenters. The zero-order valence-corrected chi connectivity index (χ0v) is 20.9. The third kappa shape index (κ3) is 11.4. The van der Waals surface area contributed by atoms with Gasteiger partial charge in [-0.2, -0.15) is 12.6 Å². The summed E-state index contributed by atoms with van der Waals surface area (Å²) in [5.74, 6) is 1.74. The van der Waals surface area contributed by atoms with Crippen molar-refractivity contribution in [3.05, 3.63) is 60.7 Å². The Bertz CT molecular complexity index is 735. The lowest BCUT2D eigenvalue weighted by Gasteiger charge is -2.15. The monoisotopic (exact) mass is 478 g/mol. The zero-order chi connectivity index (χ0) is 22.2. The second-order valence-corrected chi connectivity index (χ2v) is 12.5. The molecule has 0 aliphatic rings. The molecule has 0 aliphatic carbocycles. The molecule has 164 valence electrons. The van der Waals surface area contributed by atoms with Crippen molar-refractivity contribution in [3.63, 3.8) is 0 Å². The van der Waals surface area contributed by atoms with Crippen molar-refractivity contribution in [3.8, 4) is 0 Å². The number of hydrogen-bond acceptors (Lipinski definition) is 6. The van der Waals surface area contributed by atoms with Gasteiger partial charge in [-0.25, -0.2) is 0 Å². The smallest absolute Gasteiger partial charge is 0.321 e. The van der Waals surface area contributed by atoms with Crippen LogP contribution >= 0.6 is 38.2 Å². The molecule has 0 bridgehead atoms. The van der Waals surface area contributed by atoms with Gasteiger partial charge >= 0.3 is 7.60 Å². The van der Waals surface area contributed by atoms with Gasteiger partial charge in [0.2, 0.25) is 0 Å². The fourth-order valence-electron chi connectivity index (χ4n) is 2.00. The molecule has 0 spiro atoms. The second kappa shape index (κ2) is 16.2. The third-order valence-electron chi connectivity index (χ3n) is 3.06. The molecular formula is C20H32O5P2S2. The van der Waals surface area contributed by atoms with Crippen LogP contribution in [0.2, 0.25) is 0 Å². The minimum atomic E-state index is -3.54. The van der Waals surface area contributed by atoms with Gasteiger partial charge in [0.15, 0.2) is 0 Å². The summed E-state index contributed by atoms with van der Waals surface area (Å²) in [4.78, 5) is 9.32. The summed E-state index contributed by atoms with van der Waals surface area (Å²) in [5.41, 5.74) is 0. The lowest BCUT2D eigenvalue weighted by Crippen LogP contribution is -2.05. The third-order valence-corrected chi connectivity index (χ3v) is 9.49. The summed E-state index contributed by atoms with van der Waals surface area (Å²) >= 11 is 5.18. The highest BCUT2D eigenvalue weighted by atomic mass is 32.7. The summed E-state index contributed by atoms with van der Waals surface area (Å²) in [6.45, 7) is 5.60.